The maximum absolute atomic E-state index is 14.1. The van der Waals surface area contributed by atoms with Crippen molar-refractivity contribution in [3.8, 4) is 11.8 Å². The second kappa shape index (κ2) is 17.7. The van der Waals surface area contributed by atoms with Crippen LogP contribution in [0.3, 0.4) is 0 Å². The molecule has 62 heavy (non-hydrogen) atoms. The second-order valence-corrected chi connectivity index (χ2v) is 19.8. The second-order valence-electron chi connectivity index (χ2n) is 19.8. The van der Waals surface area contributed by atoms with Crippen LogP contribution in [-0.2, 0) is 19.1 Å². The first-order valence-corrected chi connectivity index (χ1v) is 22.7. The molecule has 2 aromatic carbocycles. The van der Waals surface area contributed by atoms with Crippen LogP contribution in [0.15, 0.2) is 36.4 Å². The highest BCUT2D eigenvalue weighted by molar-refractivity contribution is 5.87. The van der Waals surface area contributed by atoms with Gasteiger partial charge in [-0.2, -0.15) is 0 Å². The minimum Gasteiger partial charge on any atom is -0.444 e. The number of aromatic amines is 2. The molecule has 330 valence electrons. The normalized spacial score (nSPS) is 20.5. The highest BCUT2D eigenvalue weighted by atomic mass is 16.6. The Bertz CT molecular complexity index is 2210. The van der Waals surface area contributed by atoms with Crippen molar-refractivity contribution in [2.24, 2.45) is 11.8 Å². The summed E-state index contributed by atoms with van der Waals surface area (Å²) in [7, 11) is 0. The smallest absolute Gasteiger partial charge is 0.408 e. The molecule has 8 rings (SSSR count). The van der Waals surface area contributed by atoms with Crippen molar-refractivity contribution in [3.63, 3.8) is 0 Å². The molecular weight excluding hydrogens is 785 g/mol. The molecule has 2 aromatic heterocycles. The lowest BCUT2D eigenvalue weighted by Gasteiger charge is -2.33. The number of nitrogens with one attached hydrogen (secondary N) is 4. The first-order valence-electron chi connectivity index (χ1n) is 22.7. The predicted octanol–water partition coefficient (Wildman–Crippen LogP) is 8.33. The molecule has 2 aliphatic carbocycles. The number of nitrogens with zero attached hydrogens (tertiary/aromatic N) is 4. The van der Waals surface area contributed by atoms with Gasteiger partial charge in [-0.3, -0.25) is 9.59 Å². The third kappa shape index (κ3) is 10.2. The molecule has 4 aliphatic rings. The number of rotatable bonds is 10. The molecular formula is C48H62N8O6. The van der Waals surface area contributed by atoms with E-state index in [1.807, 2.05) is 87.7 Å². The molecule has 0 unspecified atom stereocenters. The van der Waals surface area contributed by atoms with Crippen molar-refractivity contribution in [2.75, 3.05) is 13.1 Å². The van der Waals surface area contributed by atoms with Crippen LogP contribution in [0.25, 0.3) is 22.1 Å². The summed E-state index contributed by atoms with van der Waals surface area (Å²) < 4.78 is 11.1. The number of benzene rings is 2. The van der Waals surface area contributed by atoms with Gasteiger partial charge >= 0.3 is 12.2 Å². The van der Waals surface area contributed by atoms with Crippen LogP contribution in [0.4, 0.5) is 9.59 Å². The Labute approximate surface area is 364 Å². The molecule has 0 radical (unpaired) electrons. The first kappa shape index (κ1) is 43.1. The number of alkyl carbamates (subject to hydrolysis) is 2. The Morgan fingerprint density at radius 3 is 1.40 bits per heavy atom. The maximum Gasteiger partial charge on any atom is 0.408 e. The Kier molecular flexibility index (Phi) is 12.3. The van der Waals surface area contributed by atoms with Crippen molar-refractivity contribution in [1.82, 2.24) is 40.4 Å². The molecule has 0 spiro atoms. The van der Waals surface area contributed by atoms with E-state index < -0.39 is 35.5 Å². The zero-order valence-electron chi connectivity index (χ0n) is 37.1. The van der Waals surface area contributed by atoms with Crippen molar-refractivity contribution < 1.29 is 28.7 Å². The van der Waals surface area contributed by atoms with E-state index in [-0.39, 0.29) is 23.9 Å². The van der Waals surface area contributed by atoms with Crippen molar-refractivity contribution >= 4 is 46.1 Å². The number of hydrogen-bond acceptors (Lipinski definition) is 8. The van der Waals surface area contributed by atoms with Crippen molar-refractivity contribution in [1.29, 1.82) is 0 Å². The molecule has 4 aromatic rings. The summed E-state index contributed by atoms with van der Waals surface area (Å²) in [6.45, 7) is 12.1. The zero-order chi connectivity index (χ0) is 43.8. The Hall–Kier alpha value is -5.58. The third-order valence-corrected chi connectivity index (χ3v) is 12.6. The zero-order valence-corrected chi connectivity index (χ0v) is 37.1. The van der Waals surface area contributed by atoms with Gasteiger partial charge in [-0.1, -0.05) is 50.4 Å². The summed E-state index contributed by atoms with van der Waals surface area (Å²) >= 11 is 0. The largest absolute Gasteiger partial charge is 0.444 e. The van der Waals surface area contributed by atoms with Crippen LogP contribution < -0.4 is 10.6 Å². The standard InChI is InChI=1S/C48H62N8O6/c1-47(2,3)61-45(59)53-37(27-29-11-7-12-29)43(57)55-23-9-15-39(55)41-49-33-21-19-31(25-35(33)51-41)17-18-32-20-22-34-36(26-32)52-42(50-34)40-16-10-24-56(40)44(58)38(28-30-13-8-14-30)54-46(60)62-48(4,5)6/h19-22,25-26,29-30,37-40H,7-16,23-24,27-28H2,1-6H3,(H,49,51)(H,50,52)(H,53,59)(H,54,60)/t37-,38-,39+,40+/m1/s1. The average molecular weight is 847 g/mol. The molecule has 14 nitrogen and oxygen atoms in total. The van der Waals surface area contributed by atoms with Gasteiger partial charge in [-0.15, -0.1) is 0 Å². The van der Waals surface area contributed by atoms with Gasteiger partial charge in [0.2, 0.25) is 11.8 Å². The van der Waals surface area contributed by atoms with Gasteiger partial charge in [0.05, 0.1) is 34.2 Å². The minimum absolute atomic E-state index is 0.0900. The first-order chi connectivity index (χ1) is 29.5. The van der Waals surface area contributed by atoms with E-state index in [0.717, 1.165) is 109 Å². The van der Waals surface area contributed by atoms with E-state index in [9.17, 15) is 19.2 Å². The molecule has 14 heteroatoms. The summed E-state index contributed by atoms with van der Waals surface area (Å²) in [6, 6.07) is 10.0. The summed E-state index contributed by atoms with van der Waals surface area (Å²) in [5, 5.41) is 5.80. The van der Waals surface area contributed by atoms with Crippen molar-refractivity contribution in [2.45, 2.75) is 154 Å². The fourth-order valence-corrected chi connectivity index (χ4v) is 9.16. The highest BCUT2D eigenvalue weighted by Gasteiger charge is 2.40. The van der Waals surface area contributed by atoms with Crippen LogP contribution in [0.1, 0.15) is 153 Å². The lowest BCUT2D eigenvalue weighted by Crippen LogP contribution is -2.50. The molecule has 4 atom stereocenters. The highest BCUT2D eigenvalue weighted by Crippen LogP contribution is 2.37. The number of imidazole rings is 2. The number of carbonyl (C=O) groups is 4. The number of fused-ring (bicyclic) bond motifs is 2. The molecule has 4 heterocycles. The fraction of sp³-hybridized carbons (Fsp3) is 0.583. The van der Waals surface area contributed by atoms with Crippen LogP contribution in [-0.4, -0.2) is 90.1 Å². The number of aromatic nitrogens is 4. The molecule has 0 bridgehead atoms. The Morgan fingerprint density at radius 1 is 0.645 bits per heavy atom. The summed E-state index contributed by atoms with van der Waals surface area (Å²) in [6.07, 6.45) is 9.90. The van der Waals surface area contributed by atoms with Gasteiger partial charge in [0.1, 0.15) is 34.9 Å². The van der Waals surface area contributed by atoms with Gasteiger partial charge in [0.25, 0.3) is 0 Å². The lowest BCUT2D eigenvalue weighted by atomic mass is 9.80. The van der Waals surface area contributed by atoms with Gasteiger partial charge in [0.15, 0.2) is 0 Å². The SMILES string of the molecule is CC(C)(C)OC(=O)N[C@H](CC1CCC1)C(=O)N1CCC[C@H]1c1nc2cc(C#Cc3ccc4[nH]c([C@@H]5CCCN5C(=O)[C@@H](CC5CCC5)NC(=O)OC(C)(C)C)nc4c3)ccc2[nH]1. The topological polar surface area (TPSA) is 175 Å². The quantitative estimate of drug-likeness (QED) is 0.115. The van der Waals surface area contributed by atoms with Crippen LogP contribution in [0.2, 0.25) is 0 Å². The molecule has 4 fully saturated rings. The molecule has 2 saturated carbocycles. The number of hydrogen-bond donors (Lipinski definition) is 4. The van der Waals surface area contributed by atoms with E-state index in [4.69, 9.17) is 19.4 Å². The fourth-order valence-electron chi connectivity index (χ4n) is 9.16. The molecule has 4 amide bonds. The minimum atomic E-state index is -0.661. The van der Waals surface area contributed by atoms with Crippen LogP contribution in [0, 0.1) is 23.7 Å². The number of likely N-dealkylation sites (tertiary alicyclic amines) is 2. The molecule has 2 aliphatic heterocycles. The van der Waals surface area contributed by atoms with Crippen molar-refractivity contribution in [3.05, 3.63) is 59.2 Å². The van der Waals surface area contributed by atoms with Gasteiger partial charge in [-0.25, -0.2) is 19.6 Å². The van der Waals surface area contributed by atoms with E-state index in [2.05, 4.69) is 32.4 Å². The van der Waals surface area contributed by atoms with Crippen LogP contribution >= 0.6 is 0 Å². The van der Waals surface area contributed by atoms with E-state index in [1.165, 1.54) is 0 Å². The van der Waals surface area contributed by atoms with Crippen LogP contribution in [0.5, 0.6) is 0 Å². The predicted molar refractivity (Wildman–Crippen MR) is 236 cm³/mol. The van der Waals surface area contributed by atoms with Gasteiger partial charge in [-0.05, 0) is 128 Å². The maximum atomic E-state index is 14.1. The Morgan fingerprint density at radius 2 is 1.05 bits per heavy atom. The third-order valence-electron chi connectivity index (χ3n) is 12.6. The molecule has 4 N–H and O–H groups in total. The Balaban J connectivity index is 0.947. The average Bonchev–Trinajstić information content (AvgIpc) is 3.98. The molecule has 2 saturated heterocycles. The van der Waals surface area contributed by atoms with E-state index in [1.54, 1.807) is 0 Å². The monoisotopic (exact) mass is 846 g/mol. The van der Waals surface area contributed by atoms with E-state index >= 15 is 0 Å². The summed E-state index contributed by atoms with van der Waals surface area (Å²) in [5.41, 5.74) is 3.54. The number of H-pyrrole nitrogens is 2. The summed E-state index contributed by atoms with van der Waals surface area (Å²) in [5.74, 6) is 8.70. The number of amides is 4. The number of carbonyl (C=O) groups excluding carboxylic acids is 4. The number of ether oxygens (including phenoxy) is 2. The van der Waals surface area contributed by atoms with Gasteiger partial charge < -0.3 is 39.9 Å². The summed E-state index contributed by atoms with van der Waals surface area (Å²) in [4.78, 5) is 74.3. The van der Waals surface area contributed by atoms with E-state index in [0.29, 0.717) is 37.8 Å². The van der Waals surface area contributed by atoms with Gasteiger partial charge in [0, 0.05) is 24.2 Å². The lowest BCUT2D eigenvalue weighted by molar-refractivity contribution is -0.135.